The molecule has 0 radical (unpaired) electrons. The first-order valence-corrected chi connectivity index (χ1v) is 3.88. The van der Waals surface area contributed by atoms with Crippen LogP contribution in [0, 0.1) is 0 Å². The first-order chi connectivity index (χ1) is 5.38. The molecule has 1 aromatic rings. The van der Waals surface area contributed by atoms with Gasteiger partial charge in [0, 0.05) is 13.6 Å². The van der Waals surface area contributed by atoms with Crippen LogP contribution in [0.4, 0.5) is 5.69 Å². The van der Waals surface area contributed by atoms with E-state index in [1.165, 1.54) is 17.7 Å². The van der Waals surface area contributed by atoms with Gasteiger partial charge in [-0.05, 0) is 18.4 Å². The third-order valence-corrected chi connectivity index (χ3v) is 2.14. The maximum Gasteiger partial charge on any atom is 0.0732 e. The average molecular weight is 149 g/mol. The predicted octanol–water partition coefficient (Wildman–Crippen LogP) is 0.859. The highest BCUT2D eigenvalue weighted by Gasteiger charge is 2.12. The lowest BCUT2D eigenvalue weighted by atomic mass is 10.1. The molecule has 0 N–H and O–H groups in total. The Morgan fingerprint density at radius 2 is 2.18 bits per heavy atom. The summed E-state index contributed by atoms with van der Waals surface area (Å²) in [5.74, 6) is 0. The maximum absolute atomic E-state index is 3.86. The number of aryl methyl sites for hydroxylation is 1. The molecule has 0 amide bonds. The Labute approximate surface area is 66.1 Å². The first kappa shape index (κ1) is 6.58. The summed E-state index contributed by atoms with van der Waals surface area (Å²) < 4.78 is 0. The van der Waals surface area contributed by atoms with Gasteiger partial charge in [0.1, 0.15) is 0 Å². The van der Waals surface area contributed by atoms with Gasteiger partial charge in [0.05, 0.1) is 18.1 Å². The molecule has 0 spiro atoms. The van der Waals surface area contributed by atoms with E-state index in [0.717, 1.165) is 13.0 Å². The Balaban J connectivity index is 2.44. The molecule has 2 rings (SSSR count). The van der Waals surface area contributed by atoms with Crippen molar-refractivity contribution in [1.82, 2.24) is 10.2 Å². The van der Waals surface area contributed by atoms with Crippen molar-refractivity contribution in [3.05, 3.63) is 18.0 Å². The van der Waals surface area contributed by atoms with Crippen molar-refractivity contribution >= 4 is 5.69 Å². The van der Waals surface area contributed by atoms with E-state index in [-0.39, 0.29) is 0 Å². The Morgan fingerprint density at radius 3 is 3.00 bits per heavy atom. The fraction of sp³-hybridized carbons (Fsp3) is 0.500. The van der Waals surface area contributed by atoms with Gasteiger partial charge in [-0.15, -0.1) is 0 Å². The van der Waals surface area contributed by atoms with Crippen molar-refractivity contribution in [1.29, 1.82) is 0 Å². The standard InChI is InChI=1S/C8H11N3/c1-11-4-2-3-7-5-9-10-6-8(7)11/h5-6H,2-4H2,1H3. The Bertz CT molecular complexity index is 259. The van der Waals surface area contributed by atoms with E-state index in [1.54, 1.807) is 0 Å². The lowest BCUT2D eigenvalue weighted by Crippen LogP contribution is -2.24. The fourth-order valence-corrected chi connectivity index (χ4v) is 1.50. The van der Waals surface area contributed by atoms with Crippen LogP contribution in [0.1, 0.15) is 12.0 Å². The second-order valence-electron chi connectivity index (χ2n) is 2.92. The summed E-state index contributed by atoms with van der Waals surface area (Å²) in [6, 6.07) is 0. The number of anilines is 1. The first-order valence-electron chi connectivity index (χ1n) is 3.88. The van der Waals surface area contributed by atoms with Crippen LogP contribution in [0.25, 0.3) is 0 Å². The number of aromatic nitrogens is 2. The maximum atomic E-state index is 3.86. The Hall–Kier alpha value is -1.12. The summed E-state index contributed by atoms with van der Waals surface area (Å²) >= 11 is 0. The molecule has 0 aromatic carbocycles. The summed E-state index contributed by atoms with van der Waals surface area (Å²) in [4.78, 5) is 2.23. The molecule has 1 aromatic heterocycles. The zero-order chi connectivity index (χ0) is 7.68. The highest BCUT2D eigenvalue weighted by atomic mass is 15.1. The molecule has 0 fully saturated rings. The van der Waals surface area contributed by atoms with Crippen molar-refractivity contribution in [3.8, 4) is 0 Å². The summed E-state index contributed by atoms with van der Waals surface area (Å²) in [6.45, 7) is 1.14. The van der Waals surface area contributed by atoms with Gasteiger partial charge in [0.2, 0.25) is 0 Å². The minimum atomic E-state index is 1.14. The van der Waals surface area contributed by atoms with E-state index in [9.17, 15) is 0 Å². The minimum absolute atomic E-state index is 1.14. The van der Waals surface area contributed by atoms with Gasteiger partial charge >= 0.3 is 0 Å². The van der Waals surface area contributed by atoms with Crippen LogP contribution >= 0.6 is 0 Å². The van der Waals surface area contributed by atoms with Crippen LogP contribution in [-0.2, 0) is 6.42 Å². The third-order valence-electron chi connectivity index (χ3n) is 2.14. The molecule has 3 nitrogen and oxygen atoms in total. The molecule has 0 unspecified atom stereocenters. The van der Waals surface area contributed by atoms with Gasteiger partial charge in [-0.1, -0.05) is 0 Å². The van der Waals surface area contributed by atoms with Crippen molar-refractivity contribution in [2.24, 2.45) is 0 Å². The van der Waals surface area contributed by atoms with Crippen molar-refractivity contribution in [2.45, 2.75) is 12.8 Å². The van der Waals surface area contributed by atoms with E-state index in [4.69, 9.17) is 0 Å². The Kier molecular flexibility index (Phi) is 1.49. The van der Waals surface area contributed by atoms with Crippen LogP contribution in [0.5, 0.6) is 0 Å². The molecule has 11 heavy (non-hydrogen) atoms. The van der Waals surface area contributed by atoms with E-state index < -0.39 is 0 Å². The monoisotopic (exact) mass is 149 g/mol. The number of hydrogen-bond acceptors (Lipinski definition) is 3. The smallest absolute Gasteiger partial charge is 0.0732 e. The van der Waals surface area contributed by atoms with Gasteiger partial charge < -0.3 is 4.90 Å². The van der Waals surface area contributed by atoms with Gasteiger partial charge in [0.15, 0.2) is 0 Å². The van der Waals surface area contributed by atoms with E-state index >= 15 is 0 Å². The number of hydrogen-bond donors (Lipinski definition) is 0. The molecule has 0 saturated carbocycles. The molecule has 0 saturated heterocycles. The van der Waals surface area contributed by atoms with Crippen molar-refractivity contribution in [3.63, 3.8) is 0 Å². The lowest BCUT2D eigenvalue weighted by Gasteiger charge is -2.25. The quantitative estimate of drug-likeness (QED) is 0.548. The highest BCUT2D eigenvalue weighted by molar-refractivity contribution is 5.51. The van der Waals surface area contributed by atoms with Gasteiger partial charge in [0.25, 0.3) is 0 Å². The third kappa shape index (κ3) is 1.06. The molecule has 3 heteroatoms. The summed E-state index contributed by atoms with van der Waals surface area (Å²) in [7, 11) is 2.10. The number of fused-ring (bicyclic) bond motifs is 1. The zero-order valence-electron chi connectivity index (χ0n) is 6.62. The second kappa shape index (κ2) is 2.49. The van der Waals surface area contributed by atoms with Crippen molar-refractivity contribution < 1.29 is 0 Å². The van der Waals surface area contributed by atoms with Gasteiger partial charge in [-0.3, -0.25) is 0 Å². The molecular formula is C8H11N3. The molecular weight excluding hydrogens is 138 g/mol. The lowest BCUT2D eigenvalue weighted by molar-refractivity contribution is 0.732. The molecule has 58 valence electrons. The van der Waals surface area contributed by atoms with Crippen LogP contribution in [0.15, 0.2) is 12.4 Å². The zero-order valence-corrected chi connectivity index (χ0v) is 6.62. The van der Waals surface area contributed by atoms with E-state index in [1.807, 2.05) is 12.4 Å². The molecule has 2 heterocycles. The molecule has 0 aliphatic carbocycles. The largest absolute Gasteiger partial charge is 0.373 e. The number of rotatable bonds is 0. The topological polar surface area (TPSA) is 29.0 Å². The molecule has 0 bridgehead atoms. The summed E-state index contributed by atoms with van der Waals surface area (Å²) in [5, 5.41) is 7.71. The molecule has 0 atom stereocenters. The van der Waals surface area contributed by atoms with Crippen LogP contribution in [0.3, 0.4) is 0 Å². The van der Waals surface area contributed by atoms with E-state index in [0.29, 0.717) is 0 Å². The second-order valence-corrected chi connectivity index (χ2v) is 2.92. The van der Waals surface area contributed by atoms with Gasteiger partial charge in [-0.25, -0.2) is 0 Å². The molecule has 1 aliphatic heterocycles. The van der Waals surface area contributed by atoms with Crippen LogP contribution in [-0.4, -0.2) is 23.8 Å². The van der Waals surface area contributed by atoms with Crippen LogP contribution in [0.2, 0.25) is 0 Å². The number of nitrogens with zero attached hydrogens (tertiary/aromatic N) is 3. The minimum Gasteiger partial charge on any atom is -0.373 e. The Morgan fingerprint density at radius 1 is 1.36 bits per heavy atom. The highest BCUT2D eigenvalue weighted by Crippen LogP contribution is 2.22. The van der Waals surface area contributed by atoms with Crippen LogP contribution < -0.4 is 4.90 Å². The predicted molar refractivity (Wildman–Crippen MR) is 43.6 cm³/mol. The summed E-state index contributed by atoms with van der Waals surface area (Å²) in [5.41, 5.74) is 2.57. The van der Waals surface area contributed by atoms with Gasteiger partial charge in [-0.2, -0.15) is 10.2 Å². The summed E-state index contributed by atoms with van der Waals surface area (Å²) in [6.07, 6.45) is 6.09. The normalized spacial score (nSPS) is 16.3. The average Bonchev–Trinajstić information content (AvgIpc) is 2.06. The van der Waals surface area contributed by atoms with E-state index in [2.05, 4.69) is 22.1 Å². The molecule has 1 aliphatic rings. The fourth-order valence-electron chi connectivity index (χ4n) is 1.50. The van der Waals surface area contributed by atoms with Crippen molar-refractivity contribution in [2.75, 3.05) is 18.5 Å². The SMILES string of the molecule is CN1CCCc2cnncc21.